The molecule has 1 heterocycles. The molecule has 1 atom stereocenters. The van der Waals surface area contributed by atoms with E-state index in [1.54, 1.807) is 24.5 Å². The number of hydrogen-bond donors (Lipinski definition) is 0. The van der Waals surface area contributed by atoms with Gasteiger partial charge in [0.15, 0.2) is 5.78 Å². The van der Waals surface area contributed by atoms with Crippen molar-refractivity contribution in [3.8, 4) is 6.07 Å². The average Bonchev–Trinajstić information content (AvgIpc) is 2.19. The highest BCUT2D eigenvalue weighted by Gasteiger charge is 2.22. The maximum atomic E-state index is 11.8. The summed E-state index contributed by atoms with van der Waals surface area (Å²) in [5.41, 5.74) is 0.556. The second kappa shape index (κ2) is 4.52. The first-order valence-electron chi connectivity index (χ1n) is 4.50. The third-order valence-corrected chi connectivity index (χ3v) is 2.05. The highest BCUT2D eigenvalue weighted by atomic mass is 16.1. The van der Waals surface area contributed by atoms with Crippen LogP contribution in [-0.2, 0) is 0 Å². The van der Waals surface area contributed by atoms with Crippen LogP contribution in [0.25, 0.3) is 0 Å². The minimum absolute atomic E-state index is 0.0423. The van der Waals surface area contributed by atoms with E-state index in [0.29, 0.717) is 5.56 Å². The smallest absolute Gasteiger partial charge is 0.180 e. The zero-order valence-electron chi connectivity index (χ0n) is 8.27. The van der Waals surface area contributed by atoms with E-state index in [2.05, 4.69) is 4.98 Å². The first-order valence-corrected chi connectivity index (χ1v) is 4.50. The Morgan fingerprint density at radius 2 is 2.00 bits per heavy atom. The van der Waals surface area contributed by atoms with E-state index >= 15 is 0 Å². The molecule has 0 fully saturated rings. The van der Waals surface area contributed by atoms with Crippen molar-refractivity contribution >= 4 is 5.78 Å². The molecule has 0 bridgehead atoms. The van der Waals surface area contributed by atoms with E-state index in [1.165, 1.54) is 0 Å². The van der Waals surface area contributed by atoms with Gasteiger partial charge in [0.05, 0.1) is 6.07 Å². The van der Waals surface area contributed by atoms with Crippen molar-refractivity contribution in [3.05, 3.63) is 30.1 Å². The summed E-state index contributed by atoms with van der Waals surface area (Å²) < 4.78 is 0. The quantitative estimate of drug-likeness (QED) is 0.682. The highest BCUT2D eigenvalue weighted by molar-refractivity contribution is 5.99. The van der Waals surface area contributed by atoms with Crippen molar-refractivity contribution in [1.82, 2.24) is 4.98 Å². The van der Waals surface area contributed by atoms with Gasteiger partial charge >= 0.3 is 0 Å². The van der Waals surface area contributed by atoms with Crippen LogP contribution in [0.15, 0.2) is 24.5 Å². The van der Waals surface area contributed by atoms with Crippen molar-refractivity contribution in [2.24, 2.45) is 11.8 Å². The average molecular weight is 188 g/mol. The van der Waals surface area contributed by atoms with Crippen LogP contribution < -0.4 is 0 Å². The van der Waals surface area contributed by atoms with Gasteiger partial charge in [-0.1, -0.05) is 13.8 Å². The molecule has 0 N–H and O–H groups in total. The minimum Gasteiger partial charge on any atom is -0.293 e. The van der Waals surface area contributed by atoms with Gasteiger partial charge in [0.25, 0.3) is 0 Å². The molecule has 72 valence electrons. The Morgan fingerprint density at radius 3 is 2.43 bits per heavy atom. The summed E-state index contributed by atoms with van der Waals surface area (Å²) in [7, 11) is 0. The van der Waals surface area contributed by atoms with E-state index < -0.39 is 5.92 Å². The van der Waals surface area contributed by atoms with Crippen molar-refractivity contribution < 1.29 is 4.79 Å². The van der Waals surface area contributed by atoms with Gasteiger partial charge in [-0.3, -0.25) is 9.78 Å². The molecule has 0 spiro atoms. The second-order valence-electron chi connectivity index (χ2n) is 3.45. The molecule has 0 aromatic carbocycles. The number of carbonyl (C=O) groups excluding carboxylic acids is 1. The third-order valence-electron chi connectivity index (χ3n) is 2.05. The number of ketones is 1. The Hall–Kier alpha value is -1.69. The Balaban J connectivity index is 2.91. The lowest BCUT2D eigenvalue weighted by molar-refractivity contribution is 0.0924. The van der Waals surface area contributed by atoms with Crippen molar-refractivity contribution in [1.29, 1.82) is 5.26 Å². The molecule has 0 aliphatic carbocycles. The number of pyridine rings is 1. The van der Waals surface area contributed by atoms with Gasteiger partial charge in [-0.25, -0.2) is 0 Å². The Bertz CT molecular complexity index is 351. The maximum absolute atomic E-state index is 11.8. The van der Waals surface area contributed by atoms with Gasteiger partial charge in [0.1, 0.15) is 5.92 Å². The van der Waals surface area contributed by atoms with E-state index in [4.69, 9.17) is 5.26 Å². The predicted octanol–water partition coefficient (Wildman–Crippen LogP) is 2.06. The van der Waals surface area contributed by atoms with Gasteiger partial charge in [-0.15, -0.1) is 0 Å². The van der Waals surface area contributed by atoms with Crippen molar-refractivity contribution in [2.45, 2.75) is 13.8 Å². The largest absolute Gasteiger partial charge is 0.293 e. The molecule has 3 heteroatoms. The van der Waals surface area contributed by atoms with Crippen LogP contribution in [0.4, 0.5) is 0 Å². The SMILES string of the molecule is CC(C)C(C#N)C(=O)c1ccncc1. The normalized spacial score (nSPS) is 12.1. The molecule has 0 amide bonds. The van der Waals surface area contributed by atoms with Gasteiger partial charge in [0.2, 0.25) is 0 Å². The van der Waals surface area contributed by atoms with Gasteiger partial charge in [0, 0.05) is 18.0 Å². The predicted molar refractivity (Wildman–Crippen MR) is 52.5 cm³/mol. The third kappa shape index (κ3) is 2.17. The molecule has 14 heavy (non-hydrogen) atoms. The van der Waals surface area contributed by atoms with E-state index in [-0.39, 0.29) is 11.7 Å². The topological polar surface area (TPSA) is 53.8 Å². The lowest BCUT2D eigenvalue weighted by Gasteiger charge is -2.10. The zero-order valence-corrected chi connectivity index (χ0v) is 8.27. The van der Waals surface area contributed by atoms with Crippen LogP contribution in [0.5, 0.6) is 0 Å². The maximum Gasteiger partial charge on any atom is 0.180 e. The molecule has 3 nitrogen and oxygen atoms in total. The summed E-state index contributed by atoms with van der Waals surface area (Å²) in [5.74, 6) is -0.636. The van der Waals surface area contributed by atoms with Crippen LogP contribution in [-0.4, -0.2) is 10.8 Å². The van der Waals surface area contributed by atoms with Crippen LogP contribution >= 0.6 is 0 Å². The number of nitrogens with zero attached hydrogens (tertiary/aromatic N) is 2. The lowest BCUT2D eigenvalue weighted by Crippen LogP contribution is -2.18. The van der Waals surface area contributed by atoms with Gasteiger partial charge in [-0.05, 0) is 18.1 Å². The molecule has 1 rings (SSSR count). The van der Waals surface area contributed by atoms with Gasteiger partial charge < -0.3 is 0 Å². The summed E-state index contributed by atoms with van der Waals surface area (Å²) in [6.45, 7) is 3.74. The first-order chi connectivity index (χ1) is 6.66. The van der Waals surface area contributed by atoms with Gasteiger partial charge in [-0.2, -0.15) is 5.26 Å². The summed E-state index contributed by atoms with van der Waals surface area (Å²) in [5, 5.41) is 8.84. The van der Waals surface area contributed by atoms with Crippen molar-refractivity contribution in [3.63, 3.8) is 0 Å². The van der Waals surface area contributed by atoms with E-state index in [0.717, 1.165) is 0 Å². The Morgan fingerprint density at radius 1 is 1.43 bits per heavy atom. The monoisotopic (exact) mass is 188 g/mol. The molecule has 0 saturated carbocycles. The fourth-order valence-electron chi connectivity index (χ4n) is 1.21. The van der Waals surface area contributed by atoms with Crippen LogP contribution in [0.1, 0.15) is 24.2 Å². The molecular formula is C11H12N2O. The summed E-state index contributed by atoms with van der Waals surface area (Å²) >= 11 is 0. The van der Waals surface area contributed by atoms with Crippen molar-refractivity contribution in [2.75, 3.05) is 0 Å². The highest BCUT2D eigenvalue weighted by Crippen LogP contribution is 2.15. The number of aromatic nitrogens is 1. The second-order valence-corrected chi connectivity index (χ2v) is 3.45. The van der Waals surface area contributed by atoms with Crippen LogP contribution in [0.2, 0.25) is 0 Å². The van der Waals surface area contributed by atoms with E-state index in [9.17, 15) is 4.79 Å². The summed E-state index contributed by atoms with van der Waals surface area (Å²) in [6, 6.07) is 5.30. The molecule has 1 unspecified atom stereocenters. The number of carbonyl (C=O) groups is 1. The Kier molecular flexibility index (Phi) is 3.35. The summed E-state index contributed by atoms with van der Waals surface area (Å²) in [4.78, 5) is 15.6. The number of Topliss-reactive ketones (excluding diaryl/α,β-unsaturated/α-hetero) is 1. The Labute approximate surface area is 83.4 Å². The van der Waals surface area contributed by atoms with E-state index in [1.807, 2.05) is 19.9 Å². The molecular weight excluding hydrogens is 176 g/mol. The first kappa shape index (κ1) is 10.4. The molecule has 1 aromatic heterocycles. The fraction of sp³-hybridized carbons (Fsp3) is 0.364. The lowest BCUT2D eigenvalue weighted by atomic mass is 9.90. The standard InChI is InChI=1S/C11H12N2O/c1-8(2)10(7-12)11(14)9-3-5-13-6-4-9/h3-6,8,10H,1-2H3. The number of nitriles is 1. The number of hydrogen-bond acceptors (Lipinski definition) is 3. The molecule has 0 saturated heterocycles. The van der Waals surface area contributed by atoms with Crippen LogP contribution in [0.3, 0.4) is 0 Å². The molecule has 0 aliphatic heterocycles. The molecule has 0 aliphatic rings. The minimum atomic E-state index is -0.558. The molecule has 1 aromatic rings. The molecule has 0 radical (unpaired) electrons. The summed E-state index contributed by atoms with van der Waals surface area (Å²) in [6.07, 6.45) is 3.12. The van der Waals surface area contributed by atoms with Crippen LogP contribution in [0, 0.1) is 23.2 Å². The zero-order chi connectivity index (χ0) is 10.6. The fourth-order valence-corrected chi connectivity index (χ4v) is 1.21. The number of rotatable bonds is 3.